The quantitative estimate of drug-likeness (QED) is 0.281. The number of amides is 1. The zero-order valence-electron chi connectivity index (χ0n) is 22.0. The molecule has 0 bridgehead atoms. The molecule has 4 heterocycles. The number of hydrogen-bond acceptors (Lipinski definition) is 8. The highest BCUT2D eigenvalue weighted by atomic mass is 16.5. The fourth-order valence-corrected chi connectivity index (χ4v) is 4.88. The number of aromatic nitrogens is 6. The van der Waals surface area contributed by atoms with Crippen LogP contribution in [-0.4, -0.2) is 42.3 Å². The standard InChI is InChI=1S/C29H27N9O2/c1-37-21(11-17-5-3-4-6-23(17)37)14-25(39)35-22-8-7-18(12-24(22)40-2)27-26-28(31)33-16-34-29(26)38(36-27)20-9-10-32-19(13-20)15-30/h3-13,16H,14-15,30H2,1-2H3,(H,35,39)(H2,31,33,34). The molecule has 6 aromatic rings. The maximum absolute atomic E-state index is 13.0. The summed E-state index contributed by atoms with van der Waals surface area (Å²) in [5.74, 6) is 0.624. The van der Waals surface area contributed by atoms with Gasteiger partial charge in [-0.2, -0.15) is 5.10 Å². The lowest BCUT2D eigenvalue weighted by molar-refractivity contribution is -0.115. The Morgan fingerprint density at radius 1 is 1.05 bits per heavy atom. The van der Waals surface area contributed by atoms with Crippen molar-refractivity contribution >= 4 is 39.3 Å². The minimum absolute atomic E-state index is 0.155. The first kappa shape index (κ1) is 25.0. The Balaban J connectivity index is 1.34. The van der Waals surface area contributed by atoms with Gasteiger partial charge in [0.05, 0.1) is 36.0 Å². The van der Waals surface area contributed by atoms with Crippen LogP contribution in [0.3, 0.4) is 0 Å². The molecule has 2 aromatic carbocycles. The maximum atomic E-state index is 13.0. The van der Waals surface area contributed by atoms with E-state index in [-0.39, 0.29) is 12.3 Å². The van der Waals surface area contributed by atoms with Gasteiger partial charge in [-0.25, -0.2) is 14.6 Å². The molecule has 0 unspecified atom stereocenters. The summed E-state index contributed by atoms with van der Waals surface area (Å²) in [5.41, 5.74) is 17.9. The molecule has 0 radical (unpaired) electrons. The van der Waals surface area contributed by atoms with E-state index in [1.807, 2.05) is 66.2 Å². The van der Waals surface area contributed by atoms with E-state index in [9.17, 15) is 4.79 Å². The summed E-state index contributed by atoms with van der Waals surface area (Å²) >= 11 is 0. The van der Waals surface area contributed by atoms with Gasteiger partial charge in [-0.3, -0.25) is 9.78 Å². The number of nitrogens with two attached hydrogens (primary N) is 2. The van der Waals surface area contributed by atoms with Crippen LogP contribution in [0.1, 0.15) is 11.4 Å². The molecule has 4 aromatic heterocycles. The Morgan fingerprint density at radius 3 is 2.70 bits per heavy atom. The topological polar surface area (TPSA) is 152 Å². The zero-order chi connectivity index (χ0) is 27.8. The molecule has 11 heteroatoms. The van der Waals surface area contributed by atoms with Crippen LogP contribution < -0.4 is 21.5 Å². The van der Waals surface area contributed by atoms with Gasteiger partial charge in [-0.1, -0.05) is 24.3 Å². The summed E-state index contributed by atoms with van der Waals surface area (Å²) in [6, 6.07) is 19.2. The number of ether oxygens (including phenoxy) is 1. The van der Waals surface area contributed by atoms with Crippen molar-refractivity contribution in [3.05, 3.63) is 84.6 Å². The Kier molecular flexibility index (Phi) is 6.33. The van der Waals surface area contributed by atoms with Crippen molar-refractivity contribution in [2.24, 2.45) is 12.8 Å². The van der Waals surface area contributed by atoms with Crippen LogP contribution in [0.5, 0.6) is 5.75 Å². The predicted octanol–water partition coefficient (Wildman–Crippen LogP) is 3.60. The average Bonchev–Trinajstić information content (AvgIpc) is 3.52. The van der Waals surface area contributed by atoms with Crippen LogP contribution in [0.4, 0.5) is 11.5 Å². The first-order chi connectivity index (χ1) is 19.5. The third-order valence-electron chi connectivity index (χ3n) is 6.89. The lowest BCUT2D eigenvalue weighted by Gasteiger charge is -2.12. The molecule has 1 amide bonds. The van der Waals surface area contributed by atoms with Crippen LogP contribution in [0, 0.1) is 0 Å². The largest absolute Gasteiger partial charge is 0.495 e. The van der Waals surface area contributed by atoms with E-state index < -0.39 is 0 Å². The summed E-state index contributed by atoms with van der Waals surface area (Å²) in [6.07, 6.45) is 3.29. The third kappa shape index (κ3) is 4.37. The second-order valence-corrected chi connectivity index (χ2v) is 9.32. The van der Waals surface area contributed by atoms with E-state index in [4.69, 9.17) is 21.3 Å². The van der Waals surface area contributed by atoms with Gasteiger partial charge in [-0.05, 0) is 41.8 Å². The monoisotopic (exact) mass is 533 g/mol. The highest BCUT2D eigenvalue weighted by Crippen LogP contribution is 2.36. The maximum Gasteiger partial charge on any atom is 0.230 e. The number of methoxy groups -OCH3 is 1. The number of anilines is 2. The van der Waals surface area contributed by atoms with Crippen LogP contribution in [0.2, 0.25) is 0 Å². The Morgan fingerprint density at radius 2 is 1.90 bits per heavy atom. The molecule has 5 N–H and O–H groups in total. The van der Waals surface area contributed by atoms with E-state index in [0.717, 1.165) is 33.5 Å². The van der Waals surface area contributed by atoms with Gasteiger partial charge in [0, 0.05) is 36.6 Å². The lowest BCUT2D eigenvalue weighted by atomic mass is 10.1. The molecule has 11 nitrogen and oxygen atoms in total. The van der Waals surface area contributed by atoms with Gasteiger partial charge in [0.2, 0.25) is 5.91 Å². The molecule has 0 fully saturated rings. The van der Waals surface area contributed by atoms with Gasteiger partial charge >= 0.3 is 0 Å². The molecule has 6 rings (SSSR count). The first-order valence-electron chi connectivity index (χ1n) is 12.6. The van der Waals surface area contributed by atoms with E-state index >= 15 is 0 Å². The number of para-hydroxylation sites is 1. The SMILES string of the molecule is COc1cc(-c2nn(-c3ccnc(CN)c3)c3ncnc(N)c23)ccc1NC(=O)Cc1cc2ccccc2n1C. The van der Waals surface area contributed by atoms with Crippen LogP contribution in [0.15, 0.2) is 73.2 Å². The predicted molar refractivity (Wildman–Crippen MR) is 154 cm³/mol. The summed E-state index contributed by atoms with van der Waals surface area (Å²) in [4.78, 5) is 25.9. The number of benzene rings is 2. The van der Waals surface area contributed by atoms with Crippen molar-refractivity contribution in [1.82, 2.24) is 29.3 Å². The molecule has 0 atom stereocenters. The van der Waals surface area contributed by atoms with Crippen molar-refractivity contribution in [3.8, 4) is 22.7 Å². The first-order valence-corrected chi connectivity index (χ1v) is 12.6. The number of carbonyl (C=O) groups is 1. The normalized spacial score (nSPS) is 11.3. The van der Waals surface area contributed by atoms with Crippen molar-refractivity contribution in [3.63, 3.8) is 0 Å². The number of aryl methyl sites for hydroxylation is 1. The number of nitrogens with one attached hydrogen (secondary N) is 1. The minimum Gasteiger partial charge on any atom is -0.495 e. The number of pyridine rings is 1. The second-order valence-electron chi connectivity index (χ2n) is 9.32. The zero-order valence-corrected chi connectivity index (χ0v) is 22.0. The summed E-state index contributed by atoms with van der Waals surface area (Å²) in [5, 5.41) is 9.51. The Hall–Kier alpha value is -5.29. The van der Waals surface area contributed by atoms with E-state index in [0.29, 0.717) is 40.5 Å². The number of carbonyl (C=O) groups excluding carboxylic acids is 1. The number of hydrogen-bond donors (Lipinski definition) is 3. The average molecular weight is 534 g/mol. The minimum atomic E-state index is -0.155. The number of fused-ring (bicyclic) bond motifs is 2. The van der Waals surface area contributed by atoms with Crippen molar-refractivity contribution < 1.29 is 9.53 Å². The molecular formula is C29H27N9O2. The summed E-state index contributed by atoms with van der Waals surface area (Å²) in [6.45, 7) is 0.294. The molecule has 40 heavy (non-hydrogen) atoms. The number of nitrogen functional groups attached to an aromatic ring is 1. The fourth-order valence-electron chi connectivity index (χ4n) is 4.88. The second kappa shape index (κ2) is 10.1. The van der Waals surface area contributed by atoms with Gasteiger partial charge < -0.3 is 26.1 Å². The molecular weight excluding hydrogens is 506 g/mol. The van der Waals surface area contributed by atoms with Gasteiger partial charge in [-0.15, -0.1) is 0 Å². The van der Waals surface area contributed by atoms with Crippen molar-refractivity contribution in [2.45, 2.75) is 13.0 Å². The summed E-state index contributed by atoms with van der Waals surface area (Å²) < 4.78 is 9.38. The third-order valence-corrected chi connectivity index (χ3v) is 6.89. The fraction of sp³-hybridized carbons (Fsp3) is 0.138. The Labute approximate surface area is 229 Å². The van der Waals surface area contributed by atoms with Gasteiger partial charge in [0.1, 0.15) is 23.6 Å². The van der Waals surface area contributed by atoms with Gasteiger partial charge in [0.15, 0.2) is 5.65 Å². The molecule has 0 aliphatic rings. The van der Waals surface area contributed by atoms with Gasteiger partial charge in [0.25, 0.3) is 0 Å². The molecule has 200 valence electrons. The molecule has 0 saturated heterocycles. The molecule has 0 saturated carbocycles. The van der Waals surface area contributed by atoms with Crippen LogP contribution in [0.25, 0.3) is 38.9 Å². The van der Waals surface area contributed by atoms with Crippen LogP contribution >= 0.6 is 0 Å². The van der Waals surface area contributed by atoms with Crippen molar-refractivity contribution in [1.29, 1.82) is 0 Å². The van der Waals surface area contributed by atoms with Crippen LogP contribution in [-0.2, 0) is 24.8 Å². The summed E-state index contributed by atoms with van der Waals surface area (Å²) in [7, 11) is 3.51. The molecule has 0 aliphatic heterocycles. The van der Waals surface area contributed by atoms with Crippen molar-refractivity contribution in [2.75, 3.05) is 18.2 Å². The van der Waals surface area contributed by atoms with E-state index in [1.54, 1.807) is 24.1 Å². The molecule has 0 spiro atoms. The van der Waals surface area contributed by atoms with E-state index in [2.05, 4.69) is 20.3 Å². The highest BCUT2D eigenvalue weighted by Gasteiger charge is 2.20. The Bertz CT molecular complexity index is 1890. The lowest BCUT2D eigenvalue weighted by Crippen LogP contribution is -2.16. The highest BCUT2D eigenvalue weighted by molar-refractivity contribution is 6.00. The number of nitrogens with zero attached hydrogens (tertiary/aromatic N) is 6. The number of rotatable bonds is 7. The smallest absolute Gasteiger partial charge is 0.230 e. The van der Waals surface area contributed by atoms with E-state index in [1.165, 1.54) is 6.33 Å². The molecule has 0 aliphatic carbocycles.